The lowest BCUT2D eigenvalue weighted by Crippen LogP contribution is -2.06. The van der Waals surface area contributed by atoms with Crippen LogP contribution in [0.5, 0.6) is 11.5 Å². The average Bonchev–Trinajstić information content (AvgIpc) is 2.46. The van der Waals surface area contributed by atoms with Crippen LogP contribution in [0.3, 0.4) is 0 Å². The molecule has 1 atom stereocenters. The van der Waals surface area contributed by atoms with E-state index >= 15 is 0 Å². The van der Waals surface area contributed by atoms with E-state index in [9.17, 15) is 14.1 Å². The molecule has 2 rings (SSSR count). The molecule has 0 fully saturated rings. The fourth-order valence-electron chi connectivity index (χ4n) is 1.54. The molecule has 2 aromatic carbocycles. The Bertz CT molecular complexity index is 639. The predicted octanol–water partition coefficient (Wildman–Crippen LogP) is 2.23. The molecule has 0 saturated heterocycles. The van der Waals surface area contributed by atoms with Gasteiger partial charge in [-0.05, 0) is 30.3 Å². The molecule has 6 heteroatoms. The summed E-state index contributed by atoms with van der Waals surface area (Å²) < 4.78 is 17.2. The van der Waals surface area contributed by atoms with E-state index in [1.807, 2.05) is 6.07 Å². The van der Waals surface area contributed by atoms with Crippen molar-refractivity contribution < 1.29 is 24.0 Å². The molecule has 104 valence electrons. The zero-order valence-corrected chi connectivity index (χ0v) is 11.2. The number of aromatic hydroxyl groups is 1. The summed E-state index contributed by atoms with van der Waals surface area (Å²) in [5, 5.41) is 18.2. The minimum absolute atomic E-state index is 0.0894. The summed E-state index contributed by atoms with van der Waals surface area (Å²) in [6.45, 7) is 0. The van der Waals surface area contributed by atoms with Gasteiger partial charge in [0.05, 0.1) is 10.8 Å². The number of rotatable bonds is 5. The lowest BCUT2D eigenvalue weighted by Gasteiger charge is -2.07. The largest absolute Gasteiger partial charge is 0.507 e. The van der Waals surface area contributed by atoms with Crippen LogP contribution in [0, 0.1) is 0 Å². The SMILES string of the molecule is O=C(O)c1cc(OCS(=O)c2ccccc2)ccc1O. The Morgan fingerprint density at radius 3 is 2.50 bits per heavy atom. The number of phenols is 1. The molecular weight excluding hydrogens is 280 g/mol. The van der Waals surface area contributed by atoms with Crippen LogP contribution in [0.2, 0.25) is 0 Å². The fraction of sp³-hybridized carbons (Fsp3) is 0.0714. The highest BCUT2D eigenvalue weighted by molar-refractivity contribution is 7.84. The van der Waals surface area contributed by atoms with Gasteiger partial charge in [-0.1, -0.05) is 18.2 Å². The monoisotopic (exact) mass is 292 g/mol. The molecule has 0 saturated carbocycles. The van der Waals surface area contributed by atoms with Gasteiger partial charge in [0.2, 0.25) is 0 Å². The summed E-state index contributed by atoms with van der Waals surface area (Å²) in [6, 6.07) is 12.7. The fourth-order valence-corrected chi connectivity index (χ4v) is 2.38. The summed E-state index contributed by atoms with van der Waals surface area (Å²) in [4.78, 5) is 11.5. The normalized spacial score (nSPS) is 11.8. The van der Waals surface area contributed by atoms with Crippen molar-refractivity contribution in [1.29, 1.82) is 0 Å². The van der Waals surface area contributed by atoms with Crippen LogP contribution in [0.25, 0.3) is 0 Å². The number of aromatic carboxylic acids is 1. The summed E-state index contributed by atoms with van der Waals surface area (Å²) in [5.74, 6) is -1.44. The van der Waals surface area contributed by atoms with Crippen LogP contribution in [-0.4, -0.2) is 26.3 Å². The maximum Gasteiger partial charge on any atom is 0.339 e. The van der Waals surface area contributed by atoms with E-state index in [0.29, 0.717) is 4.90 Å². The second-order valence-corrected chi connectivity index (χ2v) is 5.30. The maximum atomic E-state index is 11.9. The van der Waals surface area contributed by atoms with Crippen LogP contribution in [0.4, 0.5) is 0 Å². The van der Waals surface area contributed by atoms with Crippen molar-refractivity contribution in [3.8, 4) is 11.5 Å². The van der Waals surface area contributed by atoms with Gasteiger partial charge in [-0.2, -0.15) is 0 Å². The van der Waals surface area contributed by atoms with Gasteiger partial charge < -0.3 is 14.9 Å². The Labute approximate surface area is 117 Å². The molecule has 0 aliphatic rings. The Morgan fingerprint density at radius 2 is 1.85 bits per heavy atom. The first-order valence-electron chi connectivity index (χ1n) is 5.70. The zero-order chi connectivity index (χ0) is 14.5. The summed E-state index contributed by atoms with van der Waals surface area (Å²) in [7, 11) is -1.34. The van der Waals surface area contributed by atoms with Gasteiger partial charge in [-0.15, -0.1) is 0 Å². The molecule has 0 aliphatic carbocycles. The molecule has 1 unspecified atom stereocenters. The van der Waals surface area contributed by atoms with Crippen molar-refractivity contribution in [2.24, 2.45) is 0 Å². The number of hydrogen-bond donors (Lipinski definition) is 2. The highest BCUT2D eigenvalue weighted by atomic mass is 32.2. The molecule has 2 N–H and O–H groups in total. The van der Waals surface area contributed by atoms with Crippen LogP contribution >= 0.6 is 0 Å². The van der Waals surface area contributed by atoms with Crippen molar-refractivity contribution in [3.63, 3.8) is 0 Å². The number of hydrogen-bond acceptors (Lipinski definition) is 4. The van der Waals surface area contributed by atoms with Crippen molar-refractivity contribution >= 4 is 16.8 Å². The van der Waals surface area contributed by atoms with Gasteiger partial charge in [-0.3, -0.25) is 4.21 Å². The average molecular weight is 292 g/mol. The van der Waals surface area contributed by atoms with Crippen LogP contribution < -0.4 is 4.74 Å². The molecule has 0 amide bonds. The number of carboxylic acids is 1. The van der Waals surface area contributed by atoms with Crippen molar-refractivity contribution in [3.05, 3.63) is 54.1 Å². The van der Waals surface area contributed by atoms with Gasteiger partial charge >= 0.3 is 5.97 Å². The Hall–Kier alpha value is -2.34. The molecule has 0 aliphatic heterocycles. The van der Waals surface area contributed by atoms with E-state index in [-0.39, 0.29) is 23.0 Å². The summed E-state index contributed by atoms with van der Waals surface area (Å²) in [6.07, 6.45) is 0. The topological polar surface area (TPSA) is 83.8 Å². The highest BCUT2D eigenvalue weighted by Gasteiger charge is 2.11. The molecule has 0 heterocycles. The van der Waals surface area contributed by atoms with Crippen molar-refractivity contribution in [1.82, 2.24) is 0 Å². The molecule has 2 aromatic rings. The molecule has 0 aromatic heterocycles. The van der Waals surface area contributed by atoms with E-state index in [1.165, 1.54) is 18.2 Å². The second-order valence-electron chi connectivity index (χ2n) is 3.90. The quantitative estimate of drug-likeness (QED) is 0.883. The standard InChI is InChI=1S/C14H12O5S/c15-13-7-6-10(8-12(13)14(16)17)19-9-20(18)11-4-2-1-3-5-11/h1-8,15H,9H2,(H,16,17). The third kappa shape index (κ3) is 3.36. The Kier molecular flexibility index (Phi) is 4.37. The van der Waals surface area contributed by atoms with Gasteiger partial charge in [0, 0.05) is 4.90 Å². The summed E-state index contributed by atoms with van der Waals surface area (Å²) in [5.41, 5.74) is -0.256. The number of carboxylic acid groups (broad SMARTS) is 1. The van der Waals surface area contributed by atoms with E-state index in [0.717, 1.165) is 0 Å². The molecular formula is C14H12O5S. The van der Waals surface area contributed by atoms with E-state index in [4.69, 9.17) is 9.84 Å². The Morgan fingerprint density at radius 1 is 1.15 bits per heavy atom. The third-order valence-corrected chi connectivity index (χ3v) is 3.67. The summed E-state index contributed by atoms with van der Waals surface area (Å²) >= 11 is 0. The number of benzene rings is 2. The second kappa shape index (κ2) is 6.21. The Balaban J connectivity index is 2.06. The third-order valence-electron chi connectivity index (χ3n) is 2.54. The first kappa shape index (κ1) is 14.1. The highest BCUT2D eigenvalue weighted by Crippen LogP contribution is 2.23. The van der Waals surface area contributed by atoms with Gasteiger partial charge in [-0.25, -0.2) is 4.79 Å². The number of carbonyl (C=O) groups is 1. The van der Waals surface area contributed by atoms with Gasteiger partial charge in [0.25, 0.3) is 0 Å². The molecule has 20 heavy (non-hydrogen) atoms. The maximum absolute atomic E-state index is 11.9. The first-order chi connectivity index (χ1) is 9.58. The van der Waals surface area contributed by atoms with Crippen molar-refractivity contribution in [2.75, 3.05) is 5.94 Å². The van der Waals surface area contributed by atoms with Gasteiger partial charge in [0.1, 0.15) is 17.1 Å². The van der Waals surface area contributed by atoms with E-state index in [2.05, 4.69) is 0 Å². The van der Waals surface area contributed by atoms with E-state index < -0.39 is 16.8 Å². The van der Waals surface area contributed by atoms with Crippen LogP contribution in [-0.2, 0) is 10.8 Å². The molecule has 0 spiro atoms. The van der Waals surface area contributed by atoms with Crippen molar-refractivity contribution in [2.45, 2.75) is 4.90 Å². The number of ether oxygens (including phenoxy) is 1. The van der Waals surface area contributed by atoms with E-state index in [1.54, 1.807) is 24.3 Å². The molecule has 5 nitrogen and oxygen atoms in total. The lowest BCUT2D eigenvalue weighted by atomic mass is 10.2. The lowest BCUT2D eigenvalue weighted by molar-refractivity contribution is 0.0693. The minimum atomic E-state index is -1.34. The predicted molar refractivity (Wildman–Crippen MR) is 73.4 cm³/mol. The minimum Gasteiger partial charge on any atom is -0.507 e. The zero-order valence-electron chi connectivity index (χ0n) is 10.4. The van der Waals surface area contributed by atoms with Gasteiger partial charge in [0.15, 0.2) is 5.94 Å². The molecule has 0 radical (unpaired) electrons. The van der Waals surface area contributed by atoms with Crippen LogP contribution in [0.1, 0.15) is 10.4 Å². The molecule has 0 bridgehead atoms. The van der Waals surface area contributed by atoms with Crippen LogP contribution in [0.15, 0.2) is 53.4 Å². The first-order valence-corrected chi connectivity index (χ1v) is 7.02. The smallest absolute Gasteiger partial charge is 0.339 e.